The fourth-order valence-corrected chi connectivity index (χ4v) is 2.26. The monoisotopic (exact) mass is 258 g/mol. The van der Waals surface area contributed by atoms with Gasteiger partial charge in [-0.2, -0.15) is 0 Å². The van der Waals surface area contributed by atoms with E-state index in [-0.39, 0.29) is 6.61 Å². The van der Waals surface area contributed by atoms with Gasteiger partial charge in [-0.1, -0.05) is 23.7 Å². The summed E-state index contributed by atoms with van der Waals surface area (Å²) in [5.41, 5.74) is 3.62. The number of aliphatic hydroxyl groups is 1. The Morgan fingerprint density at radius 3 is 2.83 bits per heavy atom. The number of nitrogens with zero attached hydrogens (tertiary/aromatic N) is 2. The summed E-state index contributed by atoms with van der Waals surface area (Å²) < 4.78 is 1.96. The lowest BCUT2D eigenvalue weighted by molar-refractivity contribution is 0.281. The van der Waals surface area contributed by atoms with Gasteiger partial charge in [-0.15, -0.1) is 0 Å². The van der Waals surface area contributed by atoms with Crippen molar-refractivity contribution in [3.8, 4) is 5.69 Å². The molecule has 0 fully saturated rings. The van der Waals surface area contributed by atoms with Crippen LogP contribution >= 0.6 is 11.6 Å². The van der Waals surface area contributed by atoms with Crippen LogP contribution in [0.4, 0.5) is 0 Å². The SMILES string of the molecule is OCc1cc(Cl)ccc1-n1cnc2ccccc21. The van der Waals surface area contributed by atoms with Crippen LogP contribution in [0.15, 0.2) is 48.8 Å². The Hall–Kier alpha value is -1.84. The number of fused-ring (bicyclic) bond motifs is 1. The van der Waals surface area contributed by atoms with E-state index in [0.717, 1.165) is 22.3 Å². The molecule has 0 unspecified atom stereocenters. The molecule has 4 heteroatoms. The van der Waals surface area contributed by atoms with E-state index in [9.17, 15) is 5.11 Å². The Bertz CT molecular complexity index is 706. The second-order valence-electron chi connectivity index (χ2n) is 4.03. The third-order valence-corrected chi connectivity index (χ3v) is 3.16. The maximum atomic E-state index is 9.42. The number of hydrogen-bond acceptors (Lipinski definition) is 2. The van der Waals surface area contributed by atoms with Gasteiger partial charge in [0.25, 0.3) is 0 Å². The van der Waals surface area contributed by atoms with E-state index < -0.39 is 0 Å². The predicted molar refractivity (Wildman–Crippen MR) is 72.0 cm³/mol. The summed E-state index contributed by atoms with van der Waals surface area (Å²) in [6, 6.07) is 13.3. The van der Waals surface area contributed by atoms with Crippen molar-refractivity contribution in [2.24, 2.45) is 0 Å². The van der Waals surface area contributed by atoms with Gasteiger partial charge in [-0.25, -0.2) is 4.98 Å². The lowest BCUT2D eigenvalue weighted by Crippen LogP contribution is -1.98. The summed E-state index contributed by atoms with van der Waals surface area (Å²) in [5.74, 6) is 0. The van der Waals surface area contributed by atoms with Crippen LogP contribution in [-0.4, -0.2) is 14.7 Å². The summed E-state index contributed by atoms with van der Waals surface area (Å²) in [5, 5.41) is 10.0. The van der Waals surface area contributed by atoms with E-state index in [0.29, 0.717) is 5.02 Å². The van der Waals surface area contributed by atoms with Gasteiger partial charge < -0.3 is 5.11 Å². The number of para-hydroxylation sites is 2. The highest BCUT2D eigenvalue weighted by molar-refractivity contribution is 6.30. The van der Waals surface area contributed by atoms with Gasteiger partial charge in [0.2, 0.25) is 0 Å². The molecule has 0 aliphatic carbocycles. The zero-order chi connectivity index (χ0) is 12.5. The Balaban J connectivity index is 2.26. The molecule has 0 bridgehead atoms. The number of imidazole rings is 1. The molecule has 0 spiro atoms. The summed E-state index contributed by atoms with van der Waals surface area (Å²) in [7, 11) is 0. The van der Waals surface area contributed by atoms with Crippen LogP contribution in [0.3, 0.4) is 0 Å². The van der Waals surface area contributed by atoms with Crippen molar-refractivity contribution in [1.29, 1.82) is 0 Å². The van der Waals surface area contributed by atoms with Crippen molar-refractivity contribution in [3.63, 3.8) is 0 Å². The molecule has 0 aliphatic heterocycles. The minimum absolute atomic E-state index is 0.0532. The van der Waals surface area contributed by atoms with Crippen LogP contribution in [0.1, 0.15) is 5.56 Å². The summed E-state index contributed by atoms with van der Waals surface area (Å²) in [6.07, 6.45) is 1.76. The van der Waals surface area contributed by atoms with Gasteiger partial charge >= 0.3 is 0 Å². The fraction of sp³-hybridized carbons (Fsp3) is 0.0714. The molecule has 3 aromatic rings. The minimum atomic E-state index is -0.0532. The van der Waals surface area contributed by atoms with Crippen LogP contribution in [0.25, 0.3) is 16.7 Å². The van der Waals surface area contributed by atoms with E-state index in [1.807, 2.05) is 41.0 Å². The van der Waals surface area contributed by atoms with Crippen LogP contribution in [-0.2, 0) is 6.61 Å². The fourth-order valence-electron chi connectivity index (χ4n) is 2.07. The highest BCUT2D eigenvalue weighted by Gasteiger charge is 2.08. The molecule has 3 rings (SSSR count). The van der Waals surface area contributed by atoms with Crippen molar-refractivity contribution in [2.75, 3.05) is 0 Å². The molecule has 0 aliphatic rings. The van der Waals surface area contributed by atoms with Gasteiger partial charge in [0.1, 0.15) is 6.33 Å². The molecular weight excluding hydrogens is 248 g/mol. The zero-order valence-corrected chi connectivity index (χ0v) is 10.3. The number of rotatable bonds is 2. The number of hydrogen-bond donors (Lipinski definition) is 1. The molecule has 2 aromatic carbocycles. The molecular formula is C14H11ClN2O. The van der Waals surface area contributed by atoms with Crippen LogP contribution in [0.5, 0.6) is 0 Å². The van der Waals surface area contributed by atoms with Gasteiger partial charge in [-0.05, 0) is 30.3 Å². The van der Waals surface area contributed by atoms with E-state index in [4.69, 9.17) is 11.6 Å². The molecule has 0 saturated heterocycles. The van der Waals surface area contributed by atoms with E-state index in [1.165, 1.54) is 0 Å². The van der Waals surface area contributed by atoms with Crippen LogP contribution < -0.4 is 0 Å². The van der Waals surface area contributed by atoms with Crippen molar-refractivity contribution in [1.82, 2.24) is 9.55 Å². The molecule has 1 N–H and O–H groups in total. The van der Waals surface area contributed by atoms with Crippen molar-refractivity contribution in [2.45, 2.75) is 6.61 Å². The smallest absolute Gasteiger partial charge is 0.100 e. The summed E-state index contributed by atoms with van der Waals surface area (Å²) in [6.45, 7) is -0.0532. The van der Waals surface area contributed by atoms with E-state index in [2.05, 4.69) is 4.98 Å². The molecule has 0 atom stereocenters. The molecule has 90 valence electrons. The summed E-state index contributed by atoms with van der Waals surface area (Å²) >= 11 is 5.94. The Morgan fingerprint density at radius 2 is 2.00 bits per heavy atom. The van der Waals surface area contributed by atoms with Gasteiger partial charge in [0.15, 0.2) is 0 Å². The van der Waals surface area contributed by atoms with Crippen molar-refractivity contribution in [3.05, 3.63) is 59.4 Å². The molecule has 0 amide bonds. The maximum absolute atomic E-state index is 9.42. The molecule has 3 nitrogen and oxygen atoms in total. The largest absolute Gasteiger partial charge is 0.392 e. The quantitative estimate of drug-likeness (QED) is 0.767. The number of benzene rings is 2. The summed E-state index contributed by atoms with van der Waals surface area (Å²) in [4.78, 5) is 4.34. The topological polar surface area (TPSA) is 38.0 Å². The predicted octanol–water partition coefficient (Wildman–Crippen LogP) is 3.17. The normalized spacial score (nSPS) is 11.0. The lowest BCUT2D eigenvalue weighted by atomic mass is 10.2. The highest BCUT2D eigenvalue weighted by atomic mass is 35.5. The third kappa shape index (κ3) is 1.78. The van der Waals surface area contributed by atoms with Gasteiger partial charge in [0.05, 0.1) is 23.3 Å². The zero-order valence-electron chi connectivity index (χ0n) is 9.55. The molecule has 1 heterocycles. The molecule has 0 radical (unpaired) electrons. The number of aromatic nitrogens is 2. The van der Waals surface area contributed by atoms with E-state index in [1.54, 1.807) is 12.4 Å². The van der Waals surface area contributed by atoms with Crippen LogP contribution in [0.2, 0.25) is 5.02 Å². The van der Waals surface area contributed by atoms with E-state index >= 15 is 0 Å². The first-order valence-electron chi connectivity index (χ1n) is 5.61. The first-order chi connectivity index (χ1) is 8.79. The lowest BCUT2D eigenvalue weighted by Gasteiger charge is -2.09. The Kier molecular flexibility index (Phi) is 2.78. The van der Waals surface area contributed by atoms with Crippen molar-refractivity contribution < 1.29 is 5.11 Å². The van der Waals surface area contributed by atoms with Gasteiger partial charge in [0, 0.05) is 10.6 Å². The average molecular weight is 259 g/mol. The standard InChI is InChI=1S/C14H11ClN2O/c15-11-5-6-13(10(7-11)8-18)17-9-16-12-3-1-2-4-14(12)17/h1-7,9,18H,8H2. The first kappa shape index (κ1) is 11.3. The number of halogens is 1. The van der Waals surface area contributed by atoms with Crippen molar-refractivity contribution >= 4 is 22.6 Å². The first-order valence-corrected chi connectivity index (χ1v) is 5.99. The second kappa shape index (κ2) is 4.44. The Morgan fingerprint density at radius 1 is 1.17 bits per heavy atom. The van der Waals surface area contributed by atoms with Crippen LogP contribution in [0, 0.1) is 0 Å². The number of aliphatic hydroxyl groups excluding tert-OH is 1. The molecule has 1 aromatic heterocycles. The van der Waals surface area contributed by atoms with Gasteiger partial charge in [-0.3, -0.25) is 4.57 Å². The maximum Gasteiger partial charge on any atom is 0.100 e. The third-order valence-electron chi connectivity index (χ3n) is 2.92. The average Bonchev–Trinajstić information content (AvgIpc) is 2.82. The molecule has 0 saturated carbocycles. The molecule has 18 heavy (non-hydrogen) atoms. The second-order valence-corrected chi connectivity index (χ2v) is 4.47. The highest BCUT2D eigenvalue weighted by Crippen LogP contribution is 2.23. The minimum Gasteiger partial charge on any atom is -0.392 e. The Labute approximate surface area is 109 Å².